The number of primary amides is 1. The van der Waals surface area contributed by atoms with Gasteiger partial charge in [0.1, 0.15) is 0 Å². The van der Waals surface area contributed by atoms with Crippen molar-refractivity contribution in [2.45, 2.75) is 31.6 Å². The van der Waals surface area contributed by atoms with Crippen molar-refractivity contribution in [3.8, 4) is 11.1 Å². The van der Waals surface area contributed by atoms with Crippen LogP contribution in [0.3, 0.4) is 0 Å². The second-order valence-electron chi connectivity index (χ2n) is 9.68. The van der Waals surface area contributed by atoms with Crippen LogP contribution in [0.15, 0.2) is 109 Å². The van der Waals surface area contributed by atoms with E-state index in [0.717, 1.165) is 11.1 Å². The summed E-state index contributed by atoms with van der Waals surface area (Å²) in [5, 5.41) is 2.81. The Kier molecular flexibility index (Phi) is 7.12. The summed E-state index contributed by atoms with van der Waals surface area (Å²) in [5.74, 6) is -0.502. The van der Waals surface area contributed by atoms with Gasteiger partial charge in [0.2, 0.25) is 5.91 Å². The number of aryl methyl sites for hydroxylation is 1. The zero-order valence-electron chi connectivity index (χ0n) is 20.7. The van der Waals surface area contributed by atoms with Crippen molar-refractivity contribution in [1.29, 1.82) is 0 Å². The molecule has 3 aliphatic carbocycles. The Hall–Kier alpha value is -3.88. The minimum atomic E-state index is -0.281. The Balaban J connectivity index is 0.000000183. The lowest BCUT2D eigenvalue weighted by Gasteiger charge is -2.26. The maximum atomic E-state index is 10.9. The van der Waals surface area contributed by atoms with Crippen molar-refractivity contribution in [2.75, 3.05) is 0 Å². The number of hydrogen-bond acceptors (Lipinski definition) is 1. The second-order valence-corrected chi connectivity index (χ2v) is 9.68. The molecule has 4 aromatic rings. The molecule has 3 aliphatic rings. The number of carbonyl (C=O) groups excluding carboxylic acids is 1. The molecule has 0 spiro atoms. The fourth-order valence-corrected chi connectivity index (χ4v) is 5.84. The monoisotopic (exact) mass is 503 g/mol. The first kappa shape index (κ1) is 24.8. The molecule has 184 valence electrons. The van der Waals surface area contributed by atoms with E-state index in [4.69, 9.17) is 5.73 Å². The molecule has 0 saturated carbocycles. The number of nitrogens with two attached hydrogens (primary N) is 1. The Bertz CT molecular complexity index is 1560. The molecule has 37 heavy (non-hydrogen) atoms. The normalized spacial score (nSPS) is 16.7. The van der Waals surface area contributed by atoms with E-state index in [1.165, 1.54) is 64.3 Å². The number of hydrogen-bond donors (Lipinski definition) is 1. The minimum absolute atomic E-state index is 0. The van der Waals surface area contributed by atoms with Crippen LogP contribution in [0.5, 0.6) is 0 Å². The van der Waals surface area contributed by atoms with Gasteiger partial charge in [0.05, 0.1) is 5.92 Å². The third kappa shape index (κ3) is 4.65. The third-order valence-corrected chi connectivity index (χ3v) is 7.61. The molecule has 7 rings (SSSR count). The molecule has 0 heterocycles. The van der Waals surface area contributed by atoms with Crippen molar-refractivity contribution >= 4 is 40.7 Å². The van der Waals surface area contributed by atoms with E-state index in [2.05, 4.69) is 72.8 Å². The van der Waals surface area contributed by atoms with E-state index in [-0.39, 0.29) is 24.2 Å². The van der Waals surface area contributed by atoms with Gasteiger partial charge in [-0.1, -0.05) is 115 Å². The van der Waals surface area contributed by atoms with Gasteiger partial charge in [0.15, 0.2) is 0 Å². The van der Waals surface area contributed by atoms with Gasteiger partial charge in [-0.05, 0) is 75.4 Å². The van der Waals surface area contributed by atoms with Crippen LogP contribution in [0.4, 0.5) is 0 Å². The van der Waals surface area contributed by atoms with E-state index in [9.17, 15) is 4.79 Å². The average molecular weight is 504 g/mol. The lowest BCUT2D eigenvalue weighted by molar-refractivity contribution is -0.118. The van der Waals surface area contributed by atoms with Gasteiger partial charge in [-0.15, -0.1) is 12.4 Å². The predicted octanol–water partition coefficient (Wildman–Crippen LogP) is 8.26. The molecule has 0 radical (unpaired) electrons. The van der Waals surface area contributed by atoms with E-state index >= 15 is 0 Å². The highest BCUT2D eigenvalue weighted by atomic mass is 35.5. The van der Waals surface area contributed by atoms with Gasteiger partial charge in [0.25, 0.3) is 0 Å². The van der Waals surface area contributed by atoms with Gasteiger partial charge >= 0.3 is 0 Å². The van der Waals surface area contributed by atoms with Crippen LogP contribution in [0.25, 0.3) is 33.5 Å². The number of amides is 1. The first-order valence-corrected chi connectivity index (χ1v) is 12.8. The molecule has 2 N–H and O–H groups in total. The topological polar surface area (TPSA) is 43.1 Å². The zero-order chi connectivity index (χ0) is 24.5. The fourth-order valence-electron chi connectivity index (χ4n) is 5.84. The maximum Gasteiger partial charge on any atom is 0.228 e. The molecule has 1 atom stereocenters. The van der Waals surface area contributed by atoms with Crippen LogP contribution in [0.1, 0.15) is 47.4 Å². The second kappa shape index (κ2) is 10.6. The number of carbonyl (C=O) groups is 1. The first-order valence-electron chi connectivity index (χ1n) is 12.8. The maximum absolute atomic E-state index is 10.9. The number of benzene rings is 4. The van der Waals surface area contributed by atoms with Crippen molar-refractivity contribution in [3.05, 3.63) is 131 Å². The van der Waals surface area contributed by atoms with E-state index < -0.39 is 0 Å². The molecule has 0 aliphatic heterocycles. The van der Waals surface area contributed by atoms with Crippen molar-refractivity contribution in [1.82, 2.24) is 0 Å². The van der Waals surface area contributed by atoms with Gasteiger partial charge in [-0.25, -0.2) is 0 Å². The summed E-state index contributed by atoms with van der Waals surface area (Å²) in [4.78, 5) is 10.9. The van der Waals surface area contributed by atoms with Crippen molar-refractivity contribution in [3.63, 3.8) is 0 Å². The van der Waals surface area contributed by atoms with Crippen LogP contribution in [-0.2, 0) is 11.2 Å². The first-order chi connectivity index (χ1) is 17.7. The molecule has 1 unspecified atom stereocenters. The summed E-state index contributed by atoms with van der Waals surface area (Å²) in [6.45, 7) is 0. The number of fused-ring (bicyclic) bond motifs is 5. The van der Waals surface area contributed by atoms with Gasteiger partial charge in [-0.3, -0.25) is 4.79 Å². The van der Waals surface area contributed by atoms with Crippen LogP contribution in [-0.4, -0.2) is 5.91 Å². The zero-order valence-corrected chi connectivity index (χ0v) is 21.5. The molecular formula is C34H30ClNO. The standard InChI is InChI=1S/C24H20.C10H9NO.ClH/c1-2-7-17(8-3-1)20-11-6-12-21-22(20)15-16-23-19-10-5-4-9-18(19)13-14-24(21)23;11-10(12)9-6-5-7-3-1-2-4-8(7)9;/h1-3,5-8,10-12,15-16H,4,9,13-14H2;1-6,9H,(H2,11,12);1H. The molecular weight excluding hydrogens is 474 g/mol. The van der Waals surface area contributed by atoms with E-state index in [1.807, 2.05) is 36.4 Å². The Morgan fingerprint density at radius 1 is 0.730 bits per heavy atom. The van der Waals surface area contributed by atoms with Crippen molar-refractivity contribution < 1.29 is 4.79 Å². The lowest BCUT2D eigenvalue weighted by atomic mass is 9.79. The molecule has 0 fully saturated rings. The summed E-state index contributed by atoms with van der Waals surface area (Å²) < 4.78 is 0. The molecule has 0 saturated heterocycles. The van der Waals surface area contributed by atoms with Gasteiger partial charge < -0.3 is 5.73 Å². The van der Waals surface area contributed by atoms with Crippen LogP contribution < -0.4 is 5.73 Å². The highest BCUT2D eigenvalue weighted by Crippen LogP contribution is 2.41. The van der Waals surface area contributed by atoms with Gasteiger partial charge in [-0.2, -0.15) is 0 Å². The highest BCUT2D eigenvalue weighted by molar-refractivity contribution is 6.01. The number of halogens is 1. The summed E-state index contributed by atoms with van der Waals surface area (Å²) in [7, 11) is 0. The number of rotatable bonds is 2. The van der Waals surface area contributed by atoms with E-state index in [1.54, 1.807) is 5.57 Å². The van der Waals surface area contributed by atoms with Crippen molar-refractivity contribution in [2.24, 2.45) is 5.73 Å². The molecule has 0 aromatic heterocycles. The fraction of sp³-hybridized carbons (Fsp3) is 0.147. The Morgan fingerprint density at radius 3 is 2.38 bits per heavy atom. The summed E-state index contributed by atoms with van der Waals surface area (Å²) >= 11 is 0. The van der Waals surface area contributed by atoms with Gasteiger partial charge in [0, 0.05) is 0 Å². The molecule has 4 aromatic carbocycles. The van der Waals surface area contributed by atoms with E-state index in [0.29, 0.717) is 0 Å². The lowest BCUT2D eigenvalue weighted by Crippen LogP contribution is -2.18. The summed E-state index contributed by atoms with van der Waals surface area (Å²) in [6.07, 6.45) is 13.3. The quantitative estimate of drug-likeness (QED) is 0.294. The third-order valence-electron chi connectivity index (χ3n) is 7.61. The molecule has 3 heteroatoms. The van der Waals surface area contributed by atoms with Crippen LogP contribution in [0, 0.1) is 0 Å². The molecule has 2 nitrogen and oxygen atoms in total. The number of allylic oxidation sites excluding steroid dienone is 4. The van der Waals surface area contributed by atoms with Crippen LogP contribution >= 0.6 is 12.4 Å². The highest BCUT2D eigenvalue weighted by Gasteiger charge is 2.22. The SMILES string of the molecule is C1=CC2=C(CC1)CCc1c2ccc2c(-c3ccccc3)cccc12.Cl.NC(=O)C1C=Cc2ccccc21. The largest absolute Gasteiger partial charge is 0.369 e. The Morgan fingerprint density at radius 2 is 1.54 bits per heavy atom. The molecule has 1 amide bonds. The average Bonchev–Trinajstić information content (AvgIpc) is 3.38. The Labute approximate surface area is 224 Å². The van der Waals surface area contributed by atoms with Crippen LogP contribution in [0.2, 0.25) is 0 Å². The summed E-state index contributed by atoms with van der Waals surface area (Å²) in [6, 6.07) is 30.0. The minimum Gasteiger partial charge on any atom is -0.369 e. The smallest absolute Gasteiger partial charge is 0.228 e. The predicted molar refractivity (Wildman–Crippen MR) is 158 cm³/mol. The molecule has 0 bridgehead atoms. The summed E-state index contributed by atoms with van der Waals surface area (Å²) in [5.41, 5.74) is 16.1.